The number of nitro groups is 1. The second-order valence-electron chi connectivity index (χ2n) is 4.92. The fraction of sp³-hybridized carbons (Fsp3) is 0.500. The van der Waals surface area contributed by atoms with Crippen LogP contribution in [0.3, 0.4) is 0 Å². The van der Waals surface area contributed by atoms with E-state index in [1.807, 2.05) is 13.0 Å². The first kappa shape index (κ1) is 13.3. The maximum atomic E-state index is 10.7. The van der Waals surface area contributed by atoms with Gasteiger partial charge in [0.1, 0.15) is 5.75 Å². The summed E-state index contributed by atoms with van der Waals surface area (Å²) in [5.41, 5.74) is 1.53. The van der Waals surface area contributed by atoms with E-state index in [1.165, 1.54) is 0 Å². The number of nitriles is 1. The normalized spacial score (nSPS) is 22.5. The summed E-state index contributed by atoms with van der Waals surface area (Å²) in [4.78, 5) is 10.5. The van der Waals surface area contributed by atoms with Gasteiger partial charge in [-0.05, 0) is 43.5 Å². The van der Waals surface area contributed by atoms with Gasteiger partial charge in [0.25, 0.3) is 0 Å². The van der Waals surface area contributed by atoms with Crippen LogP contribution in [0.5, 0.6) is 5.75 Å². The molecule has 0 spiro atoms. The summed E-state index contributed by atoms with van der Waals surface area (Å²) in [6.45, 7) is 1.87. The molecule has 0 bridgehead atoms. The van der Waals surface area contributed by atoms with Crippen molar-refractivity contribution in [2.24, 2.45) is 0 Å². The number of ether oxygens (including phenoxy) is 1. The van der Waals surface area contributed by atoms with E-state index in [1.54, 1.807) is 12.1 Å². The van der Waals surface area contributed by atoms with Crippen LogP contribution < -0.4 is 4.74 Å². The SMILES string of the molecule is Cc1cc(OC2CCC([N+](=O)[O-])CC2)ccc1C#N. The van der Waals surface area contributed by atoms with Crippen molar-refractivity contribution in [3.05, 3.63) is 39.4 Å². The molecular formula is C14H16N2O3. The molecule has 0 heterocycles. The quantitative estimate of drug-likeness (QED) is 0.618. The molecule has 0 saturated heterocycles. The van der Waals surface area contributed by atoms with Crippen LogP contribution in [0.4, 0.5) is 0 Å². The summed E-state index contributed by atoms with van der Waals surface area (Å²) in [7, 11) is 0. The van der Waals surface area contributed by atoms with Crippen molar-refractivity contribution >= 4 is 0 Å². The minimum Gasteiger partial charge on any atom is -0.490 e. The van der Waals surface area contributed by atoms with Crippen LogP contribution in [0.25, 0.3) is 0 Å². The first-order chi connectivity index (χ1) is 9.10. The Labute approximate surface area is 112 Å². The zero-order valence-corrected chi connectivity index (χ0v) is 10.8. The maximum absolute atomic E-state index is 10.7. The molecule has 19 heavy (non-hydrogen) atoms. The number of hydrogen-bond acceptors (Lipinski definition) is 4. The Hall–Kier alpha value is -2.09. The van der Waals surface area contributed by atoms with Crippen LogP contribution in [-0.4, -0.2) is 17.1 Å². The lowest BCUT2D eigenvalue weighted by Gasteiger charge is -2.25. The number of nitrogens with zero attached hydrogens (tertiary/aromatic N) is 2. The van der Waals surface area contributed by atoms with Crippen molar-refractivity contribution < 1.29 is 9.66 Å². The molecule has 1 saturated carbocycles. The van der Waals surface area contributed by atoms with E-state index in [9.17, 15) is 10.1 Å². The largest absolute Gasteiger partial charge is 0.490 e. The maximum Gasteiger partial charge on any atom is 0.213 e. The molecule has 5 heteroatoms. The van der Waals surface area contributed by atoms with E-state index in [-0.39, 0.29) is 11.0 Å². The average molecular weight is 260 g/mol. The summed E-state index contributed by atoms with van der Waals surface area (Å²) >= 11 is 0. The Kier molecular flexibility index (Phi) is 4.00. The lowest BCUT2D eigenvalue weighted by Crippen LogP contribution is -2.31. The van der Waals surface area contributed by atoms with Crippen molar-refractivity contribution in [2.45, 2.75) is 44.8 Å². The predicted octanol–water partition coefficient (Wildman–Crippen LogP) is 2.83. The highest BCUT2D eigenvalue weighted by Crippen LogP contribution is 2.26. The van der Waals surface area contributed by atoms with Crippen LogP contribution >= 0.6 is 0 Å². The number of aryl methyl sites for hydroxylation is 1. The molecule has 0 N–H and O–H groups in total. The fourth-order valence-electron chi connectivity index (χ4n) is 2.40. The van der Waals surface area contributed by atoms with Gasteiger partial charge in [-0.15, -0.1) is 0 Å². The van der Waals surface area contributed by atoms with E-state index in [4.69, 9.17) is 10.00 Å². The first-order valence-corrected chi connectivity index (χ1v) is 6.41. The van der Waals surface area contributed by atoms with Gasteiger partial charge in [-0.2, -0.15) is 5.26 Å². The van der Waals surface area contributed by atoms with Gasteiger partial charge >= 0.3 is 0 Å². The third kappa shape index (κ3) is 3.22. The minimum atomic E-state index is -0.414. The number of benzene rings is 1. The molecule has 0 radical (unpaired) electrons. The molecule has 0 aliphatic heterocycles. The number of rotatable bonds is 3. The van der Waals surface area contributed by atoms with E-state index in [2.05, 4.69) is 6.07 Å². The third-order valence-electron chi connectivity index (χ3n) is 3.56. The van der Waals surface area contributed by atoms with Crippen molar-refractivity contribution in [3.8, 4) is 11.8 Å². The Bertz CT molecular complexity index is 514. The topological polar surface area (TPSA) is 76.2 Å². The lowest BCUT2D eigenvalue weighted by molar-refractivity contribution is -0.527. The highest BCUT2D eigenvalue weighted by molar-refractivity contribution is 5.41. The molecule has 5 nitrogen and oxygen atoms in total. The lowest BCUT2D eigenvalue weighted by atomic mass is 9.93. The van der Waals surface area contributed by atoms with Crippen molar-refractivity contribution in [3.63, 3.8) is 0 Å². The van der Waals surface area contributed by atoms with E-state index in [0.717, 1.165) is 11.3 Å². The molecule has 100 valence electrons. The highest BCUT2D eigenvalue weighted by Gasteiger charge is 2.29. The van der Waals surface area contributed by atoms with Gasteiger partial charge in [0.15, 0.2) is 0 Å². The molecule has 1 aliphatic rings. The third-order valence-corrected chi connectivity index (χ3v) is 3.56. The van der Waals surface area contributed by atoms with Gasteiger partial charge in [0, 0.05) is 17.8 Å². The van der Waals surface area contributed by atoms with Crippen LogP contribution in [0.15, 0.2) is 18.2 Å². The smallest absolute Gasteiger partial charge is 0.213 e. The predicted molar refractivity (Wildman–Crippen MR) is 69.6 cm³/mol. The van der Waals surface area contributed by atoms with Gasteiger partial charge in [0.05, 0.1) is 17.7 Å². The van der Waals surface area contributed by atoms with Crippen LogP contribution in [0.2, 0.25) is 0 Å². The zero-order valence-electron chi connectivity index (χ0n) is 10.8. The monoisotopic (exact) mass is 260 g/mol. The highest BCUT2D eigenvalue weighted by atomic mass is 16.6. The van der Waals surface area contributed by atoms with Crippen LogP contribution in [0.1, 0.15) is 36.8 Å². The summed E-state index contributed by atoms with van der Waals surface area (Å²) in [6.07, 6.45) is 2.62. The molecule has 1 aliphatic carbocycles. The first-order valence-electron chi connectivity index (χ1n) is 6.41. The Balaban J connectivity index is 1.94. The Morgan fingerprint density at radius 1 is 1.37 bits per heavy atom. The van der Waals surface area contributed by atoms with Crippen LogP contribution in [-0.2, 0) is 0 Å². The minimum absolute atomic E-state index is 0.0449. The standard InChI is InChI=1S/C14H16N2O3/c1-10-8-14(5-2-11(10)9-15)19-13-6-3-12(4-7-13)16(17)18/h2,5,8,12-13H,3-4,6-7H2,1H3. The summed E-state index contributed by atoms with van der Waals surface area (Å²) < 4.78 is 5.83. The average Bonchev–Trinajstić information content (AvgIpc) is 2.39. The second-order valence-corrected chi connectivity index (χ2v) is 4.92. The Morgan fingerprint density at radius 3 is 2.58 bits per heavy atom. The molecule has 0 atom stereocenters. The van der Waals surface area contributed by atoms with Gasteiger partial charge < -0.3 is 4.74 Å². The van der Waals surface area contributed by atoms with E-state index < -0.39 is 6.04 Å². The molecular weight excluding hydrogens is 244 g/mol. The van der Waals surface area contributed by atoms with E-state index in [0.29, 0.717) is 31.2 Å². The number of hydrogen-bond donors (Lipinski definition) is 0. The Morgan fingerprint density at radius 2 is 2.05 bits per heavy atom. The summed E-state index contributed by atoms with van der Waals surface area (Å²) in [5, 5.41) is 19.5. The summed E-state index contributed by atoms with van der Waals surface area (Å²) in [6, 6.07) is 7.07. The van der Waals surface area contributed by atoms with E-state index >= 15 is 0 Å². The zero-order chi connectivity index (χ0) is 13.8. The van der Waals surface area contributed by atoms with Crippen LogP contribution in [0, 0.1) is 28.4 Å². The molecule has 0 amide bonds. The molecule has 0 unspecified atom stereocenters. The van der Waals surface area contributed by atoms with Gasteiger partial charge in [0.2, 0.25) is 6.04 Å². The van der Waals surface area contributed by atoms with Crippen molar-refractivity contribution in [1.29, 1.82) is 5.26 Å². The second kappa shape index (κ2) is 5.70. The summed E-state index contributed by atoms with van der Waals surface area (Å²) in [5.74, 6) is 0.737. The van der Waals surface area contributed by atoms with Gasteiger partial charge in [-0.25, -0.2) is 0 Å². The van der Waals surface area contributed by atoms with Gasteiger partial charge in [-0.3, -0.25) is 10.1 Å². The molecule has 1 aromatic carbocycles. The van der Waals surface area contributed by atoms with Crippen molar-refractivity contribution in [1.82, 2.24) is 0 Å². The fourth-order valence-corrected chi connectivity index (χ4v) is 2.40. The van der Waals surface area contributed by atoms with Crippen molar-refractivity contribution in [2.75, 3.05) is 0 Å². The van der Waals surface area contributed by atoms with Gasteiger partial charge in [-0.1, -0.05) is 0 Å². The molecule has 1 aromatic rings. The molecule has 1 fully saturated rings. The molecule has 0 aromatic heterocycles. The molecule has 2 rings (SSSR count).